The van der Waals surface area contributed by atoms with Crippen LogP contribution in [-0.4, -0.2) is 25.9 Å². The predicted octanol–water partition coefficient (Wildman–Crippen LogP) is 2.52. The van der Waals surface area contributed by atoms with Crippen molar-refractivity contribution in [1.29, 1.82) is 0 Å². The minimum absolute atomic E-state index is 0.110. The summed E-state index contributed by atoms with van der Waals surface area (Å²) in [6.45, 7) is 0.381. The smallest absolute Gasteiger partial charge is 0.404 e. The number of benzene rings is 1. The van der Waals surface area contributed by atoms with E-state index in [9.17, 15) is 18.0 Å². The van der Waals surface area contributed by atoms with Crippen LogP contribution in [0.25, 0.3) is 0 Å². The van der Waals surface area contributed by atoms with E-state index in [1.807, 2.05) is 0 Å². The number of nitrogens with one attached hydrogen (secondary N) is 2. The van der Waals surface area contributed by atoms with Gasteiger partial charge >= 0.3 is 6.36 Å². The molecular weight excluding hydrogens is 261 g/mol. The number of hydrogen-bond donors (Lipinski definition) is 2. The van der Waals surface area contributed by atoms with E-state index in [1.54, 1.807) is 6.07 Å². The van der Waals surface area contributed by atoms with Gasteiger partial charge in [0.1, 0.15) is 0 Å². The average Bonchev–Trinajstić information content (AvgIpc) is 2.34. The van der Waals surface area contributed by atoms with Gasteiger partial charge in [-0.15, -0.1) is 13.2 Å². The molecule has 1 rings (SSSR count). The third kappa shape index (κ3) is 5.98. The van der Waals surface area contributed by atoms with E-state index >= 15 is 0 Å². The van der Waals surface area contributed by atoms with Gasteiger partial charge < -0.3 is 15.4 Å². The quantitative estimate of drug-likeness (QED) is 0.785. The molecule has 0 bridgehead atoms. The van der Waals surface area contributed by atoms with Crippen LogP contribution in [0.4, 0.5) is 18.9 Å². The molecule has 0 atom stereocenters. The van der Waals surface area contributed by atoms with Gasteiger partial charge in [0.15, 0.2) is 5.75 Å². The lowest BCUT2D eigenvalue weighted by Crippen LogP contribution is -2.19. The predicted molar refractivity (Wildman–Crippen MR) is 64.9 cm³/mol. The topological polar surface area (TPSA) is 50.4 Å². The summed E-state index contributed by atoms with van der Waals surface area (Å²) in [7, 11) is 1.53. The Morgan fingerprint density at radius 1 is 1.32 bits per heavy atom. The highest BCUT2D eigenvalue weighted by atomic mass is 19.4. The molecule has 2 N–H and O–H groups in total. The van der Waals surface area contributed by atoms with Crippen molar-refractivity contribution in [2.24, 2.45) is 0 Å². The number of alkyl halides is 3. The van der Waals surface area contributed by atoms with E-state index in [-0.39, 0.29) is 17.3 Å². The molecular formula is C12H15F3N2O2. The van der Waals surface area contributed by atoms with Gasteiger partial charge in [-0.05, 0) is 18.6 Å². The van der Waals surface area contributed by atoms with Crippen molar-refractivity contribution in [3.63, 3.8) is 0 Å². The Labute approximate surface area is 108 Å². The van der Waals surface area contributed by atoms with Crippen LogP contribution in [0.5, 0.6) is 5.75 Å². The van der Waals surface area contributed by atoms with E-state index in [1.165, 1.54) is 25.2 Å². The van der Waals surface area contributed by atoms with Gasteiger partial charge in [0.05, 0.1) is 5.69 Å². The van der Waals surface area contributed by atoms with Gasteiger partial charge in [-0.3, -0.25) is 4.79 Å². The van der Waals surface area contributed by atoms with Crippen LogP contribution in [0.15, 0.2) is 24.3 Å². The molecule has 1 aromatic rings. The van der Waals surface area contributed by atoms with Crippen molar-refractivity contribution >= 4 is 11.6 Å². The standard InChI is InChI=1S/C12H15F3N2O2/c1-16-11(18)7-4-8-17-9-5-2-3-6-10(9)19-12(13,14)15/h2-3,5-6,17H,4,7-8H2,1H3,(H,16,18). The van der Waals surface area contributed by atoms with Crippen molar-refractivity contribution in [3.8, 4) is 5.75 Å². The Hall–Kier alpha value is -1.92. The molecule has 0 radical (unpaired) electrons. The van der Waals surface area contributed by atoms with E-state index < -0.39 is 6.36 Å². The van der Waals surface area contributed by atoms with Crippen LogP contribution < -0.4 is 15.4 Å². The van der Waals surface area contributed by atoms with Gasteiger partial charge in [0.2, 0.25) is 5.91 Å². The molecule has 106 valence electrons. The van der Waals surface area contributed by atoms with E-state index in [2.05, 4.69) is 15.4 Å². The maximum atomic E-state index is 12.2. The molecule has 1 amide bonds. The molecule has 7 heteroatoms. The summed E-state index contributed by atoms with van der Waals surface area (Å²) < 4.78 is 40.4. The van der Waals surface area contributed by atoms with Crippen LogP contribution in [0.3, 0.4) is 0 Å². The Balaban J connectivity index is 2.51. The largest absolute Gasteiger partial charge is 0.573 e. The zero-order chi connectivity index (χ0) is 14.3. The van der Waals surface area contributed by atoms with Gasteiger partial charge in [0.25, 0.3) is 0 Å². The number of ether oxygens (including phenoxy) is 1. The fourth-order valence-electron chi connectivity index (χ4n) is 1.42. The van der Waals surface area contributed by atoms with Crippen LogP contribution in [0.2, 0.25) is 0 Å². The fourth-order valence-corrected chi connectivity index (χ4v) is 1.42. The normalized spacial score (nSPS) is 10.9. The number of hydrogen-bond acceptors (Lipinski definition) is 3. The molecule has 0 heterocycles. The molecule has 0 aliphatic heterocycles. The zero-order valence-corrected chi connectivity index (χ0v) is 10.4. The Morgan fingerprint density at radius 2 is 2.00 bits per heavy atom. The molecule has 4 nitrogen and oxygen atoms in total. The Kier molecular flexibility index (Phi) is 5.47. The first kappa shape index (κ1) is 15.1. The summed E-state index contributed by atoms with van der Waals surface area (Å²) in [6.07, 6.45) is -3.90. The van der Waals surface area contributed by atoms with Crippen molar-refractivity contribution in [3.05, 3.63) is 24.3 Å². The van der Waals surface area contributed by atoms with Crippen molar-refractivity contribution < 1.29 is 22.7 Å². The monoisotopic (exact) mass is 276 g/mol. The van der Waals surface area contributed by atoms with Crippen LogP contribution in [0.1, 0.15) is 12.8 Å². The summed E-state index contributed by atoms with van der Waals surface area (Å²) >= 11 is 0. The molecule has 0 unspecified atom stereocenters. The maximum Gasteiger partial charge on any atom is 0.573 e. The average molecular weight is 276 g/mol. The molecule has 1 aromatic carbocycles. The third-order valence-corrected chi connectivity index (χ3v) is 2.29. The van der Waals surface area contributed by atoms with E-state index in [4.69, 9.17) is 0 Å². The van der Waals surface area contributed by atoms with Gasteiger partial charge in [-0.1, -0.05) is 12.1 Å². The van der Waals surface area contributed by atoms with Gasteiger partial charge in [-0.25, -0.2) is 0 Å². The molecule has 0 saturated heterocycles. The summed E-state index contributed by atoms with van der Waals surface area (Å²) in [5.74, 6) is -0.392. The molecule has 0 saturated carbocycles. The highest BCUT2D eigenvalue weighted by Gasteiger charge is 2.31. The molecule has 0 spiro atoms. The molecule has 0 aliphatic rings. The SMILES string of the molecule is CNC(=O)CCCNc1ccccc1OC(F)(F)F. The second-order valence-electron chi connectivity index (χ2n) is 3.75. The molecule has 19 heavy (non-hydrogen) atoms. The third-order valence-electron chi connectivity index (χ3n) is 2.29. The van der Waals surface area contributed by atoms with Crippen molar-refractivity contribution in [1.82, 2.24) is 5.32 Å². The summed E-state index contributed by atoms with van der Waals surface area (Å²) in [4.78, 5) is 11.0. The first-order chi connectivity index (χ1) is 8.92. The van der Waals surface area contributed by atoms with Gasteiger partial charge in [0, 0.05) is 20.0 Å². The number of carbonyl (C=O) groups is 1. The molecule has 0 aliphatic carbocycles. The summed E-state index contributed by atoms with van der Waals surface area (Å²) in [5, 5.41) is 5.28. The number of halogens is 3. The second-order valence-corrected chi connectivity index (χ2v) is 3.75. The first-order valence-corrected chi connectivity index (χ1v) is 5.71. The maximum absolute atomic E-state index is 12.2. The number of para-hydroxylation sites is 2. The lowest BCUT2D eigenvalue weighted by molar-refractivity contribution is -0.274. The highest BCUT2D eigenvalue weighted by molar-refractivity contribution is 5.75. The lowest BCUT2D eigenvalue weighted by Gasteiger charge is -2.14. The molecule has 0 fully saturated rings. The summed E-state index contributed by atoms with van der Waals surface area (Å²) in [6, 6.07) is 5.77. The van der Waals surface area contributed by atoms with Crippen LogP contribution >= 0.6 is 0 Å². The Bertz CT molecular complexity index is 422. The minimum Gasteiger partial charge on any atom is -0.404 e. The number of carbonyl (C=O) groups excluding carboxylic acids is 1. The second kappa shape index (κ2) is 6.86. The summed E-state index contributed by atoms with van der Waals surface area (Å²) in [5.41, 5.74) is 0.247. The fraction of sp³-hybridized carbons (Fsp3) is 0.417. The van der Waals surface area contributed by atoms with Crippen LogP contribution in [-0.2, 0) is 4.79 Å². The van der Waals surface area contributed by atoms with E-state index in [0.29, 0.717) is 19.4 Å². The number of amides is 1. The number of anilines is 1. The minimum atomic E-state index is -4.72. The first-order valence-electron chi connectivity index (χ1n) is 5.71. The molecule has 0 aromatic heterocycles. The zero-order valence-electron chi connectivity index (χ0n) is 10.4. The lowest BCUT2D eigenvalue weighted by atomic mass is 10.2. The van der Waals surface area contributed by atoms with Crippen LogP contribution in [0, 0.1) is 0 Å². The highest BCUT2D eigenvalue weighted by Crippen LogP contribution is 2.29. The number of rotatable bonds is 6. The van der Waals surface area contributed by atoms with E-state index in [0.717, 1.165) is 0 Å². The van der Waals surface area contributed by atoms with Crippen molar-refractivity contribution in [2.75, 3.05) is 18.9 Å². The van der Waals surface area contributed by atoms with Gasteiger partial charge in [-0.2, -0.15) is 0 Å². The Morgan fingerprint density at radius 3 is 2.63 bits per heavy atom. The van der Waals surface area contributed by atoms with Crippen molar-refractivity contribution in [2.45, 2.75) is 19.2 Å².